The van der Waals surface area contributed by atoms with E-state index in [1.54, 1.807) is 6.07 Å². The summed E-state index contributed by atoms with van der Waals surface area (Å²) in [5.74, 6) is 0. The van der Waals surface area contributed by atoms with Gasteiger partial charge in [-0.1, -0.05) is 35.9 Å². The number of anilines is 2. The van der Waals surface area contributed by atoms with E-state index in [1.165, 1.54) is 0 Å². The van der Waals surface area contributed by atoms with Gasteiger partial charge in [0.25, 0.3) is 0 Å². The van der Waals surface area contributed by atoms with Crippen molar-refractivity contribution in [1.29, 1.82) is 0 Å². The maximum atomic E-state index is 5.93. The first-order chi connectivity index (χ1) is 14.1. The second-order valence-corrected chi connectivity index (χ2v) is 8.51. The van der Waals surface area contributed by atoms with Gasteiger partial charge in [-0.2, -0.15) is 0 Å². The first-order valence-corrected chi connectivity index (χ1v) is 10.0. The van der Waals surface area contributed by atoms with Crippen LogP contribution in [-0.2, 0) is 9.31 Å². The van der Waals surface area contributed by atoms with Crippen molar-refractivity contribution in [2.75, 3.05) is 11.5 Å². The first-order valence-electron chi connectivity index (χ1n) is 9.64. The molecule has 2 heterocycles. The molecule has 1 aliphatic rings. The molecule has 0 unspecified atom stereocenters. The van der Waals surface area contributed by atoms with E-state index in [2.05, 4.69) is 10.2 Å². The highest BCUT2D eigenvalue weighted by atomic mass is 35.5. The molecule has 1 fully saturated rings. The van der Waals surface area contributed by atoms with Gasteiger partial charge in [0.1, 0.15) is 0 Å². The van der Waals surface area contributed by atoms with Crippen molar-refractivity contribution >= 4 is 35.6 Å². The zero-order valence-corrected chi connectivity index (χ0v) is 18.4. The van der Waals surface area contributed by atoms with E-state index in [4.69, 9.17) is 32.4 Å². The van der Waals surface area contributed by atoms with Gasteiger partial charge in [0.15, 0.2) is 5.15 Å². The normalized spacial score (nSPS) is 16.6. The Bertz CT molecular complexity index is 918. The summed E-state index contributed by atoms with van der Waals surface area (Å²) in [6.07, 6.45) is 0. The molecule has 1 aromatic heterocycles. The number of hydrogen-bond acceptors (Lipinski definition) is 6. The van der Waals surface area contributed by atoms with Gasteiger partial charge in [-0.15, -0.1) is 10.2 Å². The third-order valence-corrected chi connectivity index (χ3v) is 5.50. The maximum absolute atomic E-state index is 5.93. The van der Waals surface area contributed by atoms with Crippen LogP contribution in [0.15, 0.2) is 60.7 Å². The molecule has 1 saturated heterocycles. The third kappa shape index (κ3) is 5.11. The first kappa shape index (κ1) is 22.1. The Morgan fingerprint density at radius 2 is 1.23 bits per heavy atom. The second kappa shape index (κ2) is 8.64. The molecule has 30 heavy (non-hydrogen) atoms. The Morgan fingerprint density at radius 1 is 0.733 bits per heavy atom. The molecule has 0 saturated carbocycles. The van der Waals surface area contributed by atoms with Gasteiger partial charge in [0.2, 0.25) is 0 Å². The number of nitrogens with two attached hydrogens (primary N) is 2. The number of benzene rings is 2. The second-order valence-electron chi connectivity index (χ2n) is 8.12. The van der Waals surface area contributed by atoms with Crippen LogP contribution in [0.5, 0.6) is 0 Å². The summed E-state index contributed by atoms with van der Waals surface area (Å²) in [5, 5.41) is 8.11. The van der Waals surface area contributed by atoms with Crippen LogP contribution in [0, 0.1) is 0 Å². The van der Waals surface area contributed by atoms with Crippen LogP contribution in [0.4, 0.5) is 11.4 Å². The van der Waals surface area contributed by atoms with Crippen molar-refractivity contribution < 1.29 is 9.31 Å². The minimum Gasteiger partial charge on any atom is -0.399 e. The summed E-state index contributed by atoms with van der Waals surface area (Å²) >= 11 is 5.63. The summed E-state index contributed by atoms with van der Waals surface area (Å²) in [5.41, 5.74) is 14.9. The number of nitrogen functional groups attached to an aromatic ring is 2. The van der Waals surface area contributed by atoms with Crippen molar-refractivity contribution in [3.05, 3.63) is 65.8 Å². The maximum Gasteiger partial charge on any atom is 0.494 e. The van der Waals surface area contributed by atoms with Crippen LogP contribution in [0.3, 0.4) is 0 Å². The summed E-state index contributed by atoms with van der Waals surface area (Å²) in [7, 11) is -0.300. The molecule has 156 valence electrons. The van der Waals surface area contributed by atoms with E-state index in [1.807, 2.05) is 82.3 Å². The number of nitrogens with zero attached hydrogens (tertiary/aromatic N) is 2. The lowest BCUT2D eigenvalue weighted by Crippen LogP contribution is -2.41. The van der Waals surface area contributed by atoms with Gasteiger partial charge in [-0.25, -0.2) is 0 Å². The van der Waals surface area contributed by atoms with Gasteiger partial charge < -0.3 is 20.8 Å². The lowest BCUT2D eigenvalue weighted by atomic mass is 9.79. The average Bonchev–Trinajstić information content (AvgIpc) is 2.91. The summed E-state index contributed by atoms with van der Waals surface area (Å²) in [6.45, 7) is 8.18. The third-order valence-electron chi connectivity index (χ3n) is 5.30. The molecule has 0 spiro atoms. The van der Waals surface area contributed by atoms with E-state index in [9.17, 15) is 0 Å². The highest BCUT2D eigenvalue weighted by Gasteiger charge is 2.51. The molecule has 0 bridgehead atoms. The van der Waals surface area contributed by atoms with Crippen molar-refractivity contribution in [2.45, 2.75) is 38.9 Å². The zero-order valence-electron chi connectivity index (χ0n) is 17.6. The van der Waals surface area contributed by atoms with Crippen LogP contribution in [0.2, 0.25) is 5.15 Å². The molecule has 1 aliphatic heterocycles. The number of aromatic nitrogens is 2. The molecule has 6 nitrogen and oxygen atoms in total. The fourth-order valence-corrected chi connectivity index (χ4v) is 2.86. The van der Waals surface area contributed by atoms with Crippen molar-refractivity contribution in [1.82, 2.24) is 10.2 Å². The molecule has 0 aliphatic carbocycles. The van der Waals surface area contributed by atoms with E-state index in [0.717, 1.165) is 28.1 Å². The molecule has 0 radical (unpaired) electrons. The Balaban J connectivity index is 0.000000172. The highest BCUT2D eigenvalue weighted by Crippen LogP contribution is 2.36. The molecule has 3 aromatic rings. The van der Waals surface area contributed by atoms with Gasteiger partial charge in [0, 0.05) is 16.9 Å². The molecule has 0 atom stereocenters. The minimum atomic E-state index is -0.300. The predicted molar refractivity (Wildman–Crippen MR) is 123 cm³/mol. The van der Waals surface area contributed by atoms with E-state index < -0.39 is 0 Å². The van der Waals surface area contributed by atoms with Gasteiger partial charge in [-0.05, 0) is 69.6 Å². The SMILES string of the molecule is CC1(C)OB(c2ccc(N)cc2)OC1(C)C.Nc1ccc(-c2ccc(Cl)nn2)cc1. The Kier molecular flexibility index (Phi) is 6.36. The Morgan fingerprint density at radius 3 is 1.70 bits per heavy atom. The fourth-order valence-electron chi connectivity index (χ4n) is 2.76. The molecule has 4 N–H and O–H groups in total. The lowest BCUT2D eigenvalue weighted by Gasteiger charge is -2.32. The van der Waals surface area contributed by atoms with Crippen molar-refractivity contribution in [3.63, 3.8) is 0 Å². The predicted octanol–water partition coefficient (Wildman–Crippen LogP) is 3.95. The van der Waals surface area contributed by atoms with E-state index in [-0.39, 0.29) is 18.3 Å². The molecule has 0 amide bonds. The zero-order chi connectivity index (χ0) is 21.9. The van der Waals surface area contributed by atoms with Crippen LogP contribution >= 0.6 is 11.6 Å². The van der Waals surface area contributed by atoms with Crippen LogP contribution in [-0.4, -0.2) is 28.5 Å². The average molecular weight is 425 g/mol. The summed E-state index contributed by atoms with van der Waals surface area (Å²) in [6, 6.07) is 18.6. The summed E-state index contributed by atoms with van der Waals surface area (Å²) in [4.78, 5) is 0. The van der Waals surface area contributed by atoms with Crippen LogP contribution in [0.25, 0.3) is 11.3 Å². The van der Waals surface area contributed by atoms with Crippen LogP contribution in [0.1, 0.15) is 27.7 Å². The summed E-state index contributed by atoms with van der Waals surface area (Å²) < 4.78 is 11.9. The van der Waals surface area contributed by atoms with Gasteiger partial charge in [0.05, 0.1) is 16.9 Å². The number of rotatable bonds is 2. The Hall–Kier alpha value is -2.61. The number of halogens is 1. The van der Waals surface area contributed by atoms with E-state index >= 15 is 0 Å². The van der Waals surface area contributed by atoms with Crippen LogP contribution < -0.4 is 16.9 Å². The standard InChI is InChI=1S/C12H18BNO2.C10H8ClN3/c1-11(2)12(3,4)16-13(15-11)9-5-7-10(14)8-6-9;11-10-6-5-9(13-14-10)7-1-3-8(12)4-2-7/h5-8H,14H2,1-4H3;1-6H,12H2. The molecule has 8 heteroatoms. The molecule has 4 rings (SSSR count). The largest absolute Gasteiger partial charge is 0.494 e. The molecule has 2 aromatic carbocycles. The minimum absolute atomic E-state index is 0.293. The van der Waals surface area contributed by atoms with E-state index in [0.29, 0.717) is 5.15 Å². The van der Waals surface area contributed by atoms with Gasteiger partial charge in [-0.3, -0.25) is 0 Å². The smallest absolute Gasteiger partial charge is 0.399 e. The van der Waals surface area contributed by atoms with Crippen molar-refractivity contribution in [3.8, 4) is 11.3 Å². The quantitative estimate of drug-likeness (QED) is 0.477. The highest BCUT2D eigenvalue weighted by molar-refractivity contribution is 6.62. The Labute approximate surface area is 182 Å². The van der Waals surface area contributed by atoms with Gasteiger partial charge >= 0.3 is 7.12 Å². The monoisotopic (exact) mass is 424 g/mol. The fraction of sp³-hybridized carbons (Fsp3) is 0.273. The van der Waals surface area contributed by atoms with Crippen molar-refractivity contribution in [2.24, 2.45) is 0 Å². The number of hydrogen-bond donors (Lipinski definition) is 2. The molecular weight excluding hydrogens is 399 g/mol. The lowest BCUT2D eigenvalue weighted by molar-refractivity contribution is 0.00578. The topological polar surface area (TPSA) is 96.3 Å². The molecular formula is C22H26BClN4O2.